The highest BCUT2D eigenvalue weighted by Crippen LogP contribution is 2.40. The van der Waals surface area contributed by atoms with Crippen LogP contribution >= 0.6 is 11.6 Å². The highest BCUT2D eigenvalue weighted by molar-refractivity contribution is 6.19. The zero-order chi connectivity index (χ0) is 10.9. The second-order valence-corrected chi connectivity index (χ2v) is 3.03. The molecular formula is C10H5ClF2O2. The van der Waals surface area contributed by atoms with E-state index in [4.69, 9.17) is 11.6 Å². The second-order valence-electron chi connectivity index (χ2n) is 2.76. The zero-order valence-electron chi connectivity index (χ0n) is 7.39. The summed E-state index contributed by atoms with van der Waals surface area (Å²) in [6.45, 7) is 0. The molecule has 5 heteroatoms. The van der Waals surface area contributed by atoms with Crippen LogP contribution in [0.4, 0.5) is 8.78 Å². The summed E-state index contributed by atoms with van der Waals surface area (Å²) in [7, 11) is 0. The van der Waals surface area contributed by atoms with Gasteiger partial charge in [0.15, 0.2) is 11.5 Å². The van der Waals surface area contributed by atoms with Crippen LogP contribution in [-0.4, -0.2) is 12.2 Å². The molecule has 78 valence electrons. The smallest absolute Gasteiger partial charge is 0.395 e. The van der Waals surface area contributed by atoms with Crippen LogP contribution in [0.5, 0.6) is 11.5 Å². The maximum atomic E-state index is 12.6. The number of hydrogen-bond donors (Lipinski definition) is 0. The molecule has 1 aromatic carbocycles. The minimum Gasteiger partial charge on any atom is -0.395 e. The molecule has 15 heavy (non-hydrogen) atoms. The van der Waals surface area contributed by atoms with Gasteiger partial charge in [-0.2, -0.15) is 0 Å². The van der Waals surface area contributed by atoms with Crippen molar-refractivity contribution in [1.82, 2.24) is 0 Å². The molecule has 0 bridgehead atoms. The van der Waals surface area contributed by atoms with Crippen molar-refractivity contribution in [1.29, 1.82) is 0 Å². The summed E-state index contributed by atoms with van der Waals surface area (Å²) in [6.07, 6.45) is -3.58. The van der Waals surface area contributed by atoms with Crippen LogP contribution in [0.1, 0.15) is 5.56 Å². The molecule has 0 aliphatic carbocycles. The van der Waals surface area contributed by atoms with E-state index in [0.717, 1.165) is 0 Å². The van der Waals surface area contributed by atoms with Gasteiger partial charge in [0.25, 0.3) is 0 Å². The first-order valence-electron chi connectivity index (χ1n) is 4.05. The molecule has 0 amide bonds. The van der Waals surface area contributed by atoms with E-state index in [1.54, 1.807) is 6.07 Å². The predicted molar refractivity (Wildman–Crippen MR) is 50.2 cm³/mol. The van der Waals surface area contributed by atoms with E-state index >= 15 is 0 Å². The van der Waals surface area contributed by atoms with E-state index in [2.05, 4.69) is 21.3 Å². The lowest BCUT2D eigenvalue weighted by Gasteiger charge is -2.04. The van der Waals surface area contributed by atoms with Crippen LogP contribution in [0, 0.1) is 11.8 Å². The lowest BCUT2D eigenvalue weighted by atomic mass is 10.2. The van der Waals surface area contributed by atoms with Crippen LogP contribution in [-0.2, 0) is 0 Å². The number of hydrogen-bond acceptors (Lipinski definition) is 2. The molecule has 0 unspecified atom stereocenters. The molecule has 1 aliphatic heterocycles. The molecule has 1 heterocycles. The first-order valence-corrected chi connectivity index (χ1v) is 4.59. The lowest BCUT2D eigenvalue weighted by molar-refractivity contribution is -0.286. The van der Waals surface area contributed by atoms with Gasteiger partial charge < -0.3 is 9.47 Å². The molecule has 1 aromatic rings. The van der Waals surface area contributed by atoms with E-state index in [1.165, 1.54) is 12.1 Å². The van der Waals surface area contributed by atoms with Crippen LogP contribution in [0.25, 0.3) is 0 Å². The number of fused-ring (bicyclic) bond motifs is 1. The Kier molecular flexibility index (Phi) is 2.41. The Morgan fingerprint density at radius 2 is 2.00 bits per heavy atom. The highest BCUT2D eigenvalue weighted by atomic mass is 35.5. The maximum absolute atomic E-state index is 12.6. The number of benzene rings is 1. The quantitative estimate of drug-likeness (QED) is 0.504. The average molecular weight is 231 g/mol. The Morgan fingerprint density at radius 3 is 2.73 bits per heavy atom. The summed E-state index contributed by atoms with van der Waals surface area (Å²) in [5.41, 5.74) is 0.552. The third kappa shape index (κ3) is 2.13. The Balaban J connectivity index is 2.30. The van der Waals surface area contributed by atoms with Crippen molar-refractivity contribution in [2.75, 3.05) is 5.88 Å². The number of alkyl halides is 3. The number of halogens is 3. The molecule has 2 rings (SSSR count). The predicted octanol–water partition coefficient (Wildman–Crippen LogP) is 2.60. The van der Waals surface area contributed by atoms with E-state index in [1.807, 2.05) is 0 Å². The summed E-state index contributed by atoms with van der Waals surface area (Å²) in [5, 5.41) is 0. The normalized spacial score (nSPS) is 15.7. The van der Waals surface area contributed by atoms with Gasteiger partial charge in [0.05, 0.1) is 5.88 Å². The van der Waals surface area contributed by atoms with Gasteiger partial charge in [0.1, 0.15) is 0 Å². The topological polar surface area (TPSA) is 18.5 Å². The van der Waals surface area contributed by atoms with Gasteiger partial charge in [-0.15, -0.1) is 20.4 Å². The first kappa shape index (κ1) is 10.1. The average Bonchev–Trinajstić information content (AvgIpc) is 2.47. The molecule has 1 aliphatic rings. The molecule has 0 saturated carbocycles. The first-order chi connectivity index (χ1) is 7.11. The Labute approximate surface area is 89.7 Å². The highest BCUT2D eigenvalue weighted by Gasteiger charge is 2.43. The molecule has 0 N–H and O–H groups in total. The van der Waals surface area contributed by atoms with Crippen LogP contribution in [0.2, 0.25) is 0 Å². The van der Waals surface area contributed by atoms with E-state index in [-0.39, 0.29) is 17.4 Å². The van der Waals surface area contributed by atoms with Crippen LogP contribution < -0.4 is 9.47 Å². The van der Waals surface area contributed by atoms with Crippen molar-refractivity contribution >= 4 is 11.6 Å². The van der Waals surface area contributed by atoms with Gasteiger partial charge in [-0.25, -0.2) is 0 Å². The molecule has 0 aromatic heterocycles. The summed E-state index contributed by atoms with van der Waals surface area (Å²) >= 11 is 5.36. The largest absolute Gasteiger partial charge is 0.586 e. The minimum atomic E-state index is -3.58. The summed E-state index contributed by atoms with van der Waals surface area (Å²) in [4.78, 5) is 0. The van der Waals surface area contributed by atoms with Crippen molar-refractivity contribution in [3.63, 3.8) is 0 Å². The lowest BCUT2D eigenvalue weighted by Crippen LogP contribution is -2.25. The van der Waals surface area contributed by atoms with Crippen molar-refractivity contribution in [3.8, 4) is 23.3 Å². The van der Waals surface area contributed by atoms with Crippen LogP contribution in [0.15, 0.2) is 18.2 Å². The fourth-order valence-electron chi connectivity index (χ4n) is 1.16. The molecular weight excluding hydrogens is 226 g/mol. The van der Waals surface area contributed by atoms with Crippen LogP contribution in [0.3, 0.4) is 0 Å². The Morgan fingerprint density at radius 1 is 1.27 bits per heavy atom. The van der Waals surface area contributed by atoms with E-state index < -0.39 is 6.29 Å². The summed E-state index contributed by atoms with van der Waals surface area (Å²) in [5.74, 6) is 5.48. The molecule has 2 nitrogen and oxygen atoms in total. The second kappa shape index (κ2) is 3.59. The van der Waals surface area contributed by atoms with Gasteiger partial charge in [-0.3, -0.25) is 0 Å². The molecule has 0 saturated heterocycles. The molecule has 0 spiro atoms. The Hall–Kier alpha value is -1.47. The molecule has 0 radical (unpaired) electrons. The van der Waals surface area contributed by atoms with Gasteiger partial charge in [-0.1, -0.05) is 11.8 Å². The van der Waals surface area contributed by atoms with Crippen molar-refractivity contribution in [2.45, 2.75) is 6.29 Å². The SMILES string of the molecule is FC1(F)Oc2ccc(C#CCCl)cc2O1. The van der Waals surface area contributed by atoms with Gasteiger partial charge in [-0.05, 0) is 12.1 Å². The van der Waals surface area contributed by atoms with Gasteiger partial charge in [0, 0.05) is 11.6 Å². The van der Waals surface area contributed by atoms with E-state index in [9.17, 15) is 8.78 Å². The third-order valence-corrected chi connectivity index (χ3v) is 1.83. The molecule has 0 atom stereocenters. The zero-order valence-corrected chi connectivity index (χ0v) is 8.15. The van der Waals surface area contributed by atoms with Gasteiger partial charge >= 0.3 is 6.29 Å². The van der Waals surface area contributed by atoms with Crippen molar-refractivity contribution in [2.24, 2.45) is 0 Å². The summed E-state index contributed by atoms with van der Waals surface area (Å²) < 4.78 is 33.7. The van der Waals surface area contributed by atoms with Gasteiger partial charge in [0.2, 0.25) is 0 Å². The standard InChI is InChI=1S/C10H5ClF2O2/c11-5-1-2-7-3-4-8-9(6-7)15-10(12,13)14-8/h3-4,6H,5H2. The fourth-order valence-corrected chi connectivity index (χ4v) is 1.23. The third-order valence-electron chi connectivity index (χ3n) is 1.70. The fraction of sp³-hybridized carbons (Fsp3) is 0.200. The maximum Gasteiger partial charge on any atom is 0.586 e. The summed E-state index contributed by atoms with van der Waals surface area (Å²) in [6, 6.07) is 4.33. The van der Waals surface area contributed by atoms with Crippen molar-refractivity contribution < 1.29 is 18.3 Å². The van der Waals surface area contributed by atoms with E-state index in [0.29, 0.717) is 5.56 Å². The number of rotatable bonds is 0. The Bertz CT molecular complexity index is 448. The molecule has 0 fully saturated rings. The van der Waals surface area contributed by atoms with Crippen molar-refractivity contribution in [3.05, 3.63) is 23.8 Å². The number of ether oxygens (including phenoxy) is 2. The monoisotopic (exact) mass is 230 g/mol. The minimum absolute atomic E-state index is 0.0106.